The van der Waals surface area contributed by atoms with Crippen LogP contribution < -0.4 is 5.32 Å². The van der Waals surface area contributed by atoms with E-state index < -0.39 is 0 Å². The van der Waals surface area contributed by atoms with Crippen molar-refractivity contribution >= 4 is 34.1 Å². The maximum absolute atomic E-state index is 12.7. The lowest BCUT2D eigenvalue weighted by molar-refractivity contribution is 0.102. The second kappa shape index (κ2) is 8.11. The zero-order valence-electron chi connectivity index (χ0n) is 14.1. The van der Waals surface area contributed by atoms with E-state index >= 15 is 0 Å². The van der Waals surface area contributed by atoms with E-state index in [1.54, 1.807) is 18.3 Å². The molecule has 132 valence electrons. The Kier molecular flexibility index (Phi) is 5.22. The molecule has 0 aliphatic carbocycles. The summed E-state index contributed by atoms with van der Waals surface area (Å²) in [6.45, 7) is 0. The first-order chi connectivity index (χ1) is 13.3. The fourth-order valence-corrected chi connectivity index (χ4v) is 4.03. The molecule has 0 radical (unpaired) electrons. The zero-order valence-corrected chi connectivity index (χ0v) is 15.7. The van der Waals surface area contributed by atoms with Crippen molar-refractivity contribution in [3.05, 3.63) is 84.6 Å². The Balaban J connectivity index is 1.53. The smallest absolute Gasteiger partial charge is 0.260 e. The molecule has 0 bridgehead atoms. The highest BCUT2D eigenvalue weighted by atomic mass is 32.2. The summed E-state index contributed by atoms with van der Waals surface area (Å²) in [5, 5.41) is 12.9. The molecule has 0 atom stereocenters. The van der Waals surface area contributed by atoms with Crippen molar-refractivity contribution < 1.29 is 4.79 Å². The van der Waals surface area contributed by atoms with Crippen molar-refractivity contribution in [1.29, 1.82) is 0 Å². The van der Waals surface area contributed by atoms with Gasteiger partial charge < -0.3 is 0 Å². The quantitative estimate of drug-likeness (QED) is 0.519. The Morgan fingerprint density at radius 2 is 1.63 bits per heavy atom. The third-order valence-corrected chi connectivity index (χ3v) is 5.55. The van der Waals surface area contributed by atoms with Crippen LogP contribution in [0, 0.1) is 0 Å². The predicted octanol–water partition coefficient (Wildman–Crippen LogP) is 5.00. The number of hydrogen-bond acceptors (Lipinski definition) is 6. The maximum atomic E-state index is 12.7. The van der Waals surface area contributed by atoms with Crippen molar-refractivity contribution in [2.24, 2.45) is 0 Å². The lowest BCUT2D eigenvalue weighted by atomic mass is 10.2. The van der Waals surface area contributed by atoms with Crippen molar-refractivity contribution in [3.8, 4) is 10.6 Å². The second-order valence-corrected chi connectivity index (χ2v) is 7.54. The molecule has 2 aromatic carbocycles. The number of anilines is 1. The molecule has 2 aromatic heterocycles. The number of benzene rings is 2. The van der Waals surface area contributed by atoms with E-state index in [4.69, 9.17) is 0 Å². The number of carbonyl (C=O) groups is 1. The third-order valence-electron chi connectivity index (χ3n) is 3.64. The fraction of sp³-hybridized carbons (Fsp3) is 0. The van der Waals surface area contributed by atoms with Crippen LogP contribution in [0.15, 0.2) is 88.9 Å². The van der Waals surface area contributed by atoms with E-state index in [0.717, 1.165) is 15.5 Å². The third kappa shape index (κ3) is 4.21. The first-order valence-electron chi connectivity index (χ1n) is 8.18. The molecule has 0 fully saturated rings. The van der Waals surface area contributed by atoms with Crippen LogP contribution >= 0.6 is 23.1 Å². The number of carbonyl (C=O) groups excluding carboxylic acids is 1. The molecule has 0 aliphatic heterocycles. The Morgan fingerprint density at radius 3 is 2.41 bits per heavy atom. The lowest BCUT2D eigenvalue weighted by Gasteiger charge is -2.07. The summed E-state index contributed by atoms with van der Waals surface area (Å²) in [6, 6.07) is 23.1. The molecular weight excluding hydrogens is 376 g/mol. The molecular formula is C20H14N4OS2. The largest absolute Gasteiger partial charge is 0.296 e. The number of nitrogens with one attached hydrogen (secondary N) is 1. The Hall–Kier alpha value is -3.03. The van der Waals surface area contributed by atoms with Crippen LogP contribution in [0.2, 0.25) is 0 Å². The number of hydrogen-bond donors (Lipinski definition) is 1. The van der Waals surface area contributed by atoms with E-state index in [9.17, 15) is 4.79 Å². The first kappa shape index (κ1) is 17.4. The van der Waals surface area contributed by atoms with Gasteiger partial charge in [0.25, 0.3) is 5.91 Å². The molecule has 27 heavy (non-hydrogen) atoms. The van der Waals surface area contributed by atoms with Crippen LogP contribution in [0.5, 0.6) is 0 Å². The summed E-state index contributed by atoms with van der Waals surface area (Å²) in [5.74, 6) is -0.253. The highest BCUT2D eigenvalue weighted by molar-refractivity contribution is 7.99. The first-order valence-corrected chi connectivity index (χ1v) is 9.81. The minimum Gasteiger partial charge on any atom is -0.296 e. The fourth-order valence-electron chi connectivity index (χ4n) is 2.38. The highest BCUT2D eigenvalue weighted by Gasteiger charge is 2.16. The zero-order chi connectivity index (χ0) is 18.5. The van der Waals surface area contributed by atoms with Gasteiger partial charge in [-0.25, -0.2) is 4.98 Å². The maximum Gasteiger partial charge on any atom is 0.260 e. The molecule has 0 saturated carbocycles. The van der Waals surface area contributed by atoms with E-state index in [0.29, 0.717) is 15.7 Å². The van der Waals surface area contributed by atoms with Gasteiger partial charge in [-0.3, -0.25) is 10.1 Å². The van der Waals surface area contributed by atoms with E-state index in [-0.39, 0.29) is 5.91 Å². The summed E-state index contributed by atoms with van der Waals surface area (Å²) in [6.07, 6.45) is 1.68. The molecule has 7 heteroatoms. The Labute approximate surface area is 164 Å². The van der Waals surface area contributed by atoms with Gasteiger partial charge in [-0.2, -0.15) is 0 Å². The normalized spacial score (nSPS) is 10.5. The van der Waals surface area contributed by atoms with Crippen molar-refractivity contribution in [2.45, 2.75) is 9.92 Å². The van der Waals surface area contributed by atoms with Gasteiger partial charge >= 0.3 is 0 Å². The molecule has 0 unspecified atom stereocenters. The summed E-state index contributed by atoms with van der Waals surface area (Å²) in [7, 11) is 0. The van der Waals surface area contributed by atoms with Gasteiger partial charge in [0.15, 0.2) is 0 Å². The summed E-state index contributed by atoms with van der Waals surface area (Å²) >= 11 is 2.79. The summed E-state index contributed by atoms with van der Waals surface area (Å²) in [4.78, 5) is 18.1. The average Bonchev–Trinajstić information content (AvgIpc) is 3.18. The van der Waals surface area contributed by atoms with Gasteiger partial charge in [0.05, 0.1) is 5.56 Å². The average molecular weight is 390 g/mol. The monoisotopic (exact) mass is 390 g/mol. The lowest BCUT2D eigenvalue weighted by Crippen LogP contribution is -2.13. The molecule has 0 spiro atoms. The van der Waals surface area contributed by atoms with Crippen LogP contribution in [-0.2, 0) is 0 Å². The van der Waals surface area contributed by atoms with Crippen molar-refractivity contribution in [1.82, 2.24) is 15.2 Å². The molecule has 5 nitrogen and oxygen atoms in total. The van der Waals surface area contributed by atoms with Crippen molar-refractivity contribution in [3.63, 3.8) is 0 Å². The van der Waals surface area contributed by atoms with E-state index in [1.165, 1.54) is 23.1 Å². The Bertz CT molecular complexity index is 1050. The minimum absolute atomic E-state index is 0.253. The van der Waals surface area contributed by atoms with Gasteiger partial charge in [0, 0.05) is 16.7 Å². The summed E-state index contributed by atoms with van der Waals surface area (Å²) < 4.78 is 0. The van der Waals surface area contributed by atoms with Crippen molar-refractivity contribution in [2.75, 3.05) is 5.32 Å². The minimum atomic E-state index is -0.253. The topological polar surface area (TPSA) is 67.8 Å². The number of amides is 1. The highest BCUT2D eigenvalue weighted by Crippen LogP contribution is 2.30. The molecule has 1 N–H and O–H groups in total. The molecule has 1 amide bonds. The molecule has 0 saturated heterocycles. The number of rotatable bonds is 5. The van der Waals surface area contributed by atoms with Gasteiger partial charge in [-0.15, -0.1) is 10.2 Å². The molecule has 4 aromatic rings. The molecule has 0 aliphatic rings. The van der Waals surface area contributed by atoms with E-state index in [2.05, 4.69) is 20.5 Å². The predicted molar refractivity (Wildman–Crippen MR) is 108 cm³/mol. The SMILES string of the molecule is O=C(Nc1nnc(-c2ccccc2)s1)c1cccnc1Sc1ccccc1. The number of nitrogens with zero attached hydrogens (tertiary/aromatic N) is 3. The molecule has 2 heterocycles. The van der Waals surface area contributed by atoms with Crippen LogP contribution in [0.1, 0.15) is 10.4 Å². The van der Waals surface area contributed by atoms with E-state index in [1.807, 2.05) is 60.7 Å². The number of pyridine rings is 1. The standard InChI is InChI=1S/C20H14N4OS2/c25-17(22-20-24-23-18(27-20)14-8-3-1-4-9-14)16-12-7-13-21-19(16)26-15-10-5-2-6-11-15/h1-13H,(H,22,24,25). The van der Waals surface area contributed by atoms with Crippen LogP contribution in [0.4, 0.5) is 5.13 Å². The number of aromatic nitrogens is 3. The summed E-state index contributed by atoms with van der Waals surface area (Å²) in [5.41, 5.74) is 1.47. The second-order valence-electron chi connectivity index (χ2n) is 5.50. The van der Waals surface area contributed by atoms with Crippen LogP contribution in [0.25, 0.3) is 10.6 Å². The van der Waals surface area contributed by atoms with Gasteiger partial charge in [0.1, 0.15) is 10.0 Å². The van der Waals surface area contributed by atoms with Crippen LogP contribution in [-0.4, -0.2) is 21.1 Å². The van der Waals surface area contributed by atoms with Gasteiger partial charge in [-0.05, 0) is 24.3 Å². The van der Waals surface area contributed by atoms with Gasteiger partial charge in [0.2, 0.25) is 5.13 Å². The Morgan fingerprint density at radius 1 is 0.889 bits per heavy atom. The van der Waals surface area contributed by atoms with Crippen LogP contribution in [0.3, 0.4) is 0 Å². The van der Waals surface area contributed by atoms with Gasteiger partial charge in [-0.1, -0.05) is 71.6 Å². The molecule has 4 rings (SSSR count).